The topological polar surface area (TPSA) is 105 Å². The fraction of sp³-hybridized carbons (Fsp3) is 0.529. The summed E-state index contributed by atoms with van der Waals surface area (Å²) in [7, 11) is -2.35. The maximum absolute atomic E-state index is 12.8. The number of benzene rings is 1. The molecule has 26 heavy (non-hydrogen) atoms. The third kappa shape index (κ3) is 4.73. The number of nitrogens with zero attached hydrogens (tertiary/aromatic N) is 1. The third-order valence-electron chi connectivity index (χ3n) is 4.09. The van der Waals surface area contributed by atoms with E-state index in [0.29, 0.717) is 19.6 Å². The van der Waals surface area contributed by atoms with Crippen LogP contribution in [-0.4, -0.2) is 57.8 Å². The van der Waals surface area contributed by atoms with Crippen LogP contribution in [0.4, 0.5) is 0 Å². The van der Waals surface area contributed by atoms with Gasteiger partial charge in [-0.1, -0.05) is 6.92 Å². The molecule has 0 saturated carbocycles. The molecule has 1 fully saturated rings. The Morgan fingerprint density at radius 1 is 1.19 bits per heavy atom. The van der Waals surface area contributed by atoms with Crippen molar-refractivity contribution in [2.45, 2.75) is 31.1 Å². The molecule has 1 aliphatic heterocycles. The van der Waals surface area contributed by atoms with Gasteiger partial charge in [0.05, 0.1) is 13.7 Å². The number of hydrogen-bond acceptors (Lipinski definition) is 5. The van der Waals surface area contributed by atoms with Gasteiger partial charge in [-0.2, -0.15) is 4.31 Å². The lowest BCUT2D eigenvalue weighted by atomic mass is 10.2. The summed E-state index contributed by atoms with van der Waals surface area (Å²) in [5.41, 5.74) is 0.159. The van der Waals surface area contributed by atoms with Gasteiger partial charge in [0.2, 0.25) is 15.9 Å². The standard InChI is InChI=1S/C17H25N3O5S/c1-3-8-18-16(21)12-19-17(22)13-6-7-14(25-2)15(11-13)26(23,24)20-9-4-5-10-20/h6-7,11H,3-5,8-10,12H2,1-2H3,(H,18,21)(H,19,22). The van der Waals surface area contributed by atoms with Gasteiger partial charge in [0, 0.05) is 25.2 Å². The molecule has 1 heterocycles. The molecule has 144 valence electrons. The van der Waals surface area contributed by atoms with Crippen LogP contribution < -0.4 is 15.4 Å². The first-order valence-electron chi connectivity index (χ1n) is 8.63. The largest absolute Gasteiger partial charge is 0.495 e. The molecular weight excluding hydrogens is 358 g/mol. The van der Waals surface area contributed by atoms with Crippen LogP contribution in [0.1, 0.15) is 36.5 Å². The van der Waals surface area contributed by atoms with Gasteiger partial charge in [0.25, 0.3) is 5.91 Å². The van der Waals surface area contributed by atoms with Gasteiger partial charge in [-0.3, -0.25) is 9.59 Å². The van der Waals surface area contributed by atoms with Crippen LogP contribution in [-0.2, 0) is 14.8 Å². The smallest absolute Gasteiger partial charge is 0.251 e. The molecule has 2 N–H and O–H groups in total. The quantitative estimate of drug-likeness (QED) is 0.689. The van der Waals surface area contributed by atoms with E-state index in [2.05, 4.69) is 10.6 Å². The zero-order chi connectivity index (χ0) is 19.2. The minimum Gasteiger partial charge on any atom is -0.495 e. The summed E-state index contributed by atoms with van der Waals surface area (Å²) >= 11 is 0. The molecule has 0 atom stereocenters. The van der Waals surface area contributed by atoms with Crippen LogP contribution in [0, 0.1) is 0 Å². The van der Waals surface area contributed by atoms with E-state index in [4.69, 9.17) is 4.74 Å². The fourth-order valence-electron chi connectivity index (χ4n) is 2.68. The summed E-state index contributed by atoms with van der Waals surface area (Å²) in [5.74, 6) is -0.620. The van der Waals surface area contributed by atoms with Crippen molar-refractivity contribution >= 4 is 21.8 Å². The first-order chi connectivity index (χ1) is 12.4. The van der Waals surface area contributed by atoms with E-state index < -0.39 is 15.9 Å². The molecule has 0 bridgehead atoms. The lowest BCUT2D eigenvalue weighted by molar-refractivity contribution is -0.120. The molecule has 0 aromatic heterocycles. The Balaban J connectivity index is 2.18. The number of ether oxygens (including phenoxy) is 1. The summed E-state index contributed by atoms with van der Waals surface area (Å²) in [4.78, 5) is 23.8. The van der Waals surface area contributed by atoms with Crippen LogP contribution in [0.15, 0.2) is 23.1 Å². The molecule has 1 saturated heterocycles. The zero-order valence-electron chi connectivity index (χ0n) is 15.1. The van der Waals surface area contributed by atoms with Crippen molar-refractivity contribution in [2.75, 3.05) is 33.3 Å². The molecule has 1 aromatic carbocycles. The van der Waals surface area contributed by atoms with Gasteiger partial charge in [-0.15, -0.1) is 0 Å². The monoisotopic (exact) mass is 383 g/mol. The van der Waals surface area contributed by atoms with Crippen LogP contribution >= 0.6 is 0 Å². The Morgan fingerprint density at radius 3 is 2.50 bits per heavy atom. The van der Waals surface area contributed by atoms with Crippen molar-refractivity contribution in [1.29, 1.82) is 0 Å². The molecule has 2 amide bonds. The second kappa shape index (κ2) is 9.00. The number of carbonyl (C=O) groups is 2. The van der Waals surface area contributed by atoms with Crippen LogP contribution in [0.3, 0.4) is 0 Å². The Labute approximate surface area is 153 Å². The number of sulfonamides is 1. The number of carbonyl (C=O) groups excluding carboxylic acids is 2. The fourth-order valence-corrected chi connectivity index (χ4v) is 4.38. The maximum Gasteiger partial charge on any atom is 0.251 e. The van der Waals surface area contributed by atoms with Crippen LogP contribution in [0.5, 0.6) is 5.75 Å². The lowest BCUT2D eigenvalue weighted by Crippen LogP contribution is -2.37. The normalized spacial score (nSPS) is 14.8. The zero-order valence-corrected chi connectivity index (χ0v) is 15.9. The van der Waals surface area contributed by atoms with E-state index in [1.165, 1.54) is 29.6 Å². The third-order valence-corrected chi connectivity index (χ3v) is 6.01. The summed E-state index contributed by atoms with van der Waals surface area (Å²) in [6.07, 6.45) is 2.43. The highest BCUT2D eigenvalue weighted by atomic mass is 32.2. The van der Waals surface area contributed by atoms with E-state index in [1.807, 2.05) is 6.92 Å². The highest BCUT2D eigenvalue weighted by Gasteiger charge is 2.30. The molecule has 1 aromatic rings. The van der Waals surface area contributed by atoms with Gasteiger partial charge in [-0.25, -0.2) is 8.42 Å². The minimum atomic E-state index is -3.73. The molecule has 0 unspecified atom stereocenters. The Morgan fingerprint density at radius 2 is 1.88 bits per heavy atom. The van der Waals surface area contributed by atoms with E-state index in [1.54, 1.807) is 0 Å². The molecule has 0 aliphatic carbocycles. The van der Waals surface area contributed by atoms with Gasteiger partial charge in [-0.05, 0) is 37.5 Å². The predicted molar refractivity (Wildman–Crippen MR) is 96.6 cm³/mol. The summed E-state index contributed by atoms with van der Waals surface area (Å²) in [6.45, 7) is 3.21. The van der Waals surface area contributed by atoms with Crippen molar-refractivity contribution in [1.82, 2.24) is 14.9 Å². The van der Waals surface area contributed by atoms with Crippen LogP contribution in [0.2, 0.25) is 0 Å². The number of methoxy groups -OCH3 is 1. The molecule has 2 rings (SSSR count). The molecule has 1 aliphatic rings. The SMILES string of the molecule is CCCNC(=O)CNC(=O)c1ccc(OC)c(S(=O)(=O)N2CCCC2)c1. The average Bonchev–Trinajstić information content (AvgIpc) is 3.19. The highest BCUT2D eigenvalue weighted by Crippen LogP contribution is 2.29. The second-order valence-electron chi connectivity index (χ2n) is 6.01. The number of nitrogens with one attached hydrogen (secondary N) is 2. The van der Waals surface area contributed by atoms with E-state index in [0.717, 1.165) is 19.3 Å². The number of amides is 2. The highest BCUT2D eigenvalue weighted by molar-refractivity contribution is 7.89. The summed E-state index contributed by atoms with van der Waals surface area (Å²) in [6, 6.07) is 4.22. The van der Waals surface area contributed by atoms with Crippen molar-refractivity contribution in [3.63, 3.8) is 0 Å². The van der Waals surface area contributed by atoms with Gasteiger partial charge in [0.1, 0.15) is 10.6 Å². The number of hydrogen-bond donors (Lipinski definition) is 2. The number of rotatable bonds is 8. The van der Waals surface area contributed by atoms with E-state index in [-0.39, 0.29) is 28.7 Å². The average molecular weight is 383 g/mol. The van der Waals surface area contributed by atoms with Gasteiger partial charge in [0.15, 0.2) is 0 Å². The first kappa shape index (κ1) is 20.2. The lowest BCUT2D eigenvalue weighted by Gasteiger charge is -2.18. The summed E-state index contributed by atoms with van der Waals surface area (Å²) < 4.78 is 32.2. The van der Waals surface area contributed by atoms with E-state index >= 15 is 0 Å². The molecule has 9 heteroatoms. The van der Waals surface area contributed by atoms with E-state index in [9.17, 15) is 18.0 Å². The Hall–Kier alpha value is -2.13. The first-order valence-corrected chi connectivity index (χ1v) is 10.1. The molecule has 8 nitrogen and oxygen atoms in total. The van der Waals surface area contributed by atoms with Crippen LogP contribution in [0.25, 0.3) is 0 Å². The van der Waals surface area contributed by atoms with Crippen molar-refractivity contribution in [2.24, 2.45) is 0 Å². The molecular formula is C17H25N3O5S. The van der Waals surface area contributed by atoms with Crippen molar-refractivity contribution < 1.29 is 22.7 Å². The van der Waals surface area contributed by atoms with Crippen molar-refractivity contribution in [3.05, 3.63) is 23.8 Å². The van der Waals surface area contributed by atoms with Gasteiger partial charge < -0.3 is 15.4 Å². The van der Waals surface area contributed by atoms with Crippen molar-refractivity contribution in [3.8, 4) is 5.75 Å². The second-order valence-corrected chi connectivity index (χ2v) is 7.92. The minimum absolute atomic E-state index is 0.0371. The predicted octanol–water partition coefficient (Wildman–Crippen LogP) is 0.736. The Bertz CT molecular complexity index is 758. The molecule has 0 radical (unpaired) electrons. The van der Waals surface area contributed by atoms with Gasteiger partial charge >= 0.3 is 0 Å². The molecule has 0 spiro atoms. The Kier molecular flexibility index (Phi) is 6.98. The maximum atomic E-state index is 12.8. The summed E-state index contributed by atoms with van der Waals surface area (Å²) in [5, 5.41) is 5.15.